The molecule has 1 aromatic carbocycles. The van der Waals surface area contributed by atoms with Gasteiger partial charge in [-0.1, -0.05) is 23.4 Å². The second-order valence-corrected chi connectivity index (χ2v) is 6.68. The van der Waals surface area contributed by atoms with Crippen LogP contribution in [0.2, 0.25) is 0 Å². The number of carbonyl (C=O) groups excluding carboxylic acids is 1. The van der Waals surface area contributed by atoms with Crippen molar-refractivity contribution in [3.05, 3.63) is 35.9 Å². The minimum atomic E-state index is -0.556. The van der Waals surface area contributed by atoms with Crippen molar-refractivity contribution < 1.29 is 14.8 Å². The summed E-state index contributed by atoms with van der Waals surface area (Å²) in [4.78, 5) is 16.9. The first kappa shape index (κ1) is 15.7. The highest BCUT2D eigenvalue weighted by Gasteiger charge is 2.45. The molecule has 0 aromatic heterocycles. The van der Waals surface area contributed by atoms with Crippen LogP contribution in [0.5, 0.6) is 0 Å². The zero-order valence-corrected chi connectivity index (χ0v) is 12.9. The molecule has 0 N–H and O–H groups in total. The molecule has 21 heavy (non-hydrogen) atoms. The van der Waals surface area contributed by atoms with E-state index in [0.29, 0.717) is 18.4 Å². The van der Waals surface area contributed by atoms with Gasteiger partial charge in [0.15, 0.2) is 0 Å². The fourth-order valence-corrected chi connectivity index (χ4v) is 2.82. The van der Waals surface area contributed by atoms with Crippen LogP contribution in [0.1, 0.15) is 50.9 Å². The molecular weight excluding hydrogens is 268 g/mol. The van der Waals surface area contributed by atoms with Crippen LogP contribution in [0.25, 0.3) is 0 Å². The Morgan fingerprint density at radius 3 is 2.14 bits per heavy atom. The van der Waals surface area contributed by atoms with Gasteiger partial charge in [-0.3, -0.25) is 0 Å². The molecule has 0 spiro atoms. The highest BCUT2D eigenvalue weighted by Crippen LogP contribution is 2.35. The summed E-state index contributed by atoms with van der Waals surface area (Å²) in [6.07, 6.45) is 0.976. The summed E-state index contributed by atoms with van der Waals surface area (Å²) >= 11 is 0. The lowest BCUT2D eigenvalue weighted by molar-refractivity contribution is -0.273. The zero-order chi connectivity index (χ0) is 15.7. The van der Waals surface area contributed by atoms with Crippen molar-refractivity contribution in [2.45, 2.75) is 51.6 Å². The topological polar surface area (TPSA) is 61.8 Å². The predicted octanol–water partition coefficient (Wildman–Crippen LogP) is 3.20. The Kier molecular flexibility index (Phi) is 4.16. The smallest absolute Gasteiger partial charge is 0.313 e. The molecule has 2 rings (SSSR count). The number of hydroxylamine groups is 2. The molecule has 1 radical (unpaired) electrons. The molecule has 1 aliphatic heterocycles. The number of rotatable bonds is 2. The number of hydrogen-bond donors (Lipinski definition) is 0. The lowest BCUT2D eigenvalue weighted by Crippen LogP contribution is -2.58. The quantitative estimate of drug-likeness (QED) is 0.620. The van der Waals surface area contributed by atoms with E-state index in [1.165, 1.54) is 0 Å². The van der Waals surface area contributed by atoms with E-state index in [0.717, 1.165) is 10.8 Å². The van der Waals surface area contributed by atoms with E-state index in [-0.39, 0.29) is 0 Å². The Bertz CT molecular complexity index is 530. The van der Waals surface area contributed by atoms with Gasteiger partial charge in [-0.25, -0.2) is 4.79 Å². The molecule has 0 aliphatic carbocycles. The van der Waals surface area contributed by atoms with Crippen LogP contribution < -0.4 is 0 Å². The molecule has 1 fully saturated rings. The molecule has 0 saturated carbocycles. The van der Waals surface area contributed by atoms with Crippen LogP contribution in [0, 0.1) is 0 Å². The summed E-state index contributed by atoms with van der Waals surface area (Å²) in [5.74, 6) is -0.483. The maximum Gasteiger partial charge on any atom is 0.365 e. The molecule has 1 heterocycles. The van der Waals surface area contributed by atoms with Gasteiger partial charge < -0.3 is 4.84 Å². The normalized spacial score (nSPS) is 20.9. The molecule has 5 heteroatoms. The number of hydrogen-bond acceptors (Lipinski definition) is 4. The average molecular weight is 289 g/mol. The predicted molar refractivity (Wildman–Crippen MR) is 79.2 cm³/mol. The standard InChI is InChI=1S/C16H21N2O3/c1-15(2)10-13(11-16(3,4)18(15)20)17-21-14(19)12-8-6-5-7-9-12/h5-9H,10-11H2,1-4H3. The second kappa shape index (κ2) is 5.58. The maximum absolute atomic E-state index is 12.2. The molecule has 113 valence electrons. The van der Waals surface area contributed by atoms with Gasteiger partial charge in [0.05, 0.1) is 11.3 Å². The van der Waals surface area contributed by atoms with Crippen LogP contribution in [0.15, 0.2) is 35.5 Å². The van der Waals surface area contributed by atoms with Gasteiger partial charge >= 0.3 is 5.97 Å². The lowest BCUT2D eigenvalue weighted by Gasteiger charge is -2.46. The number of piperidine rings is 1. The van der Waals surface area contributed by atoms with E-state index in [2.05, 4.69) is 5.16 Å². The van der Waals surface area contributed by atoms with E-state index in [9.17, 15) is 10.0 Å². The van der Waals surface area contributed by atoms with Gasteiger partial charge in [0.2, 0.25) is 0 Å². The number of benzene rings is 1. The summed E-state index contributed by atoms with van der Waals surface area (Å²) in [5.41, 5.74) is 0.0856. The van der Waals surface area contributed by atoms with E-state index in [1.807, 2.05) is 33.8 Å². The number of oxime groups is 1. The van der Waals surface area contributed by atoms with Crippen molar-refractivity contribution in [1.82, 2.24) is 5.06 Å². The van der Waals surface area contributed by atoms with Crippen LogP contribution in [-0.2, 0) is 10.0 Å². The third-order valence-electron chi connectivity index (χ3n) is 3.64. The first-order chi connectivity index (χ1) is 9.72. The first-order valence-electron chi connectivity index (χ1n) is 7.02. The largest absolute Gasteiger partial charge is 0.365 e. The van der Waals surface area contributed by atoms with Crippen molar-refractivity contribution in [1.29, 1.82) is 0 Å². The van der Waals surface area contributed by atoms with Crippen molar-refractivity contribution in [3.8, 4) is 0 Å². The van der Waals surface area contributed by atoms with E-state index >= 15 is 0 Å². The van der Waals surface area contributed by atoms with Crippen LogP contribution in [0.4, 0.5) is 0 Å². The Morgan fingerprint density at radius 2 is 1.62 bits per heavy atom. The van der Waals surface area contributed by atoms with Crippen LogP contribution in [0.3, 0.4) is 0 Å². The SMILES string of the molecule is CC1(C)CC(=NOC(=O)c2ccccc2)CC(C)(C)N1[O]. The summed E-state index contributed by atoms with van der Waals surface area (Å²) in [6.45, 7) is 7.48. The molecular formula is C16H21N2O3. The van der Waals surface area contributed by atoms with E-state index < -0.39 is 17.0 Å². The zero-order valence-electron chi connectivity index (χ0n) is 12.9. The fourth-order valence-electron chi connectivity index (χ4n) is 2.82. The molecule has 1 aliphatic rings. The lowest BCUT2D eigenvalue weighted by atomic mass is 9.81. The van der Waals surface area contributed by atoms with Gasteiger partial charge in [0.25, 0.3) is 0 Å². The number of nitrogens with zero attached hydrogens (tertiary/aromatic N) is 2. The van der Waals surface area contributed by atoms with Gasteiger partial charge in [0.1, 0.15) is 0 Å². The summed E-state index contributed by atoms with van der Waals surface area (Å²) in [5, 5.41) is 17.3. The molecule has 0 amide bonds. The van der Waals surface area contributed by atoms with E-state index in [1.54, 1.807) is 24.3 Å². The third kappa shape index (κ3) is 3.49. The Balaban J connectivity index is 2.10. The monoisotopic (exact) mass is 289 g/mol. The maximum atomic E-state index is 12.2. The summed E-state index contributed by atoms with van der Waals surface area (Å²) < 4.78 is 0. The highest BCUT2D eigenvalue weighted by molar-refractivity contribution is 5.91. The van der Waals surface area contributed by atoms with Crippen molar-refractivity contribution in [2.24, 2.45) is 5.16 Å². The molecule has 0 unspecified atom stereocenters. The van der Waals surface area contributed by atoms with Gasteiger partial charge in [0, 0.05) is 23.9 Å². The minimum absolute atomic E-state index is 0.460. The molecule has 5 nitrogen and oxygen atoms in total. The molecule has 1 aromatic rings. The Labute approximate surface area is 125 Å². The third-order valence-corrected chi connectivity index (χ3v) is 3.64. The van der Waals surface area contributed by atoms with Crippen LogP contribution in [-0.4, -0.2) is 27.8 Å². The average Bonchev–Trinajstić information content (AvgIpc) is 2.42. The molecule has 0 bridgehead atoms. The second-order valence-electron chi connectivity index (χ2n) is 6.68. The Hall–Kier alpha value is -1.72. The highest BCUT2D eigenvalue weighted by atomic mass is 16.7. The van der Waals surface area contributed by atoms with E-state index in [4.69, 9.17) is 4.84 Å². The summed E-state index contributed by atoms with van der Waals surface area (Å²) in [6, 6.07) is 8.72. The molecule has 0 atom stereocenters. The first-order valence-corrected chi connectivity index (χ1v) is 7.02. The minimum Gasteiger partial charge on any atom is -0.313 e. The van der Waals surface area contributed by atoms with Crippen LogP contribution >= 0.6 is 0 Å². The van der Waals surface area contributed by atoms with Crippen molar-refractivity contribution in [3.63, 3.8) is 0 Å². The van der Waals surface area contributed by atoms with Gasteiger partial charge in [-0.05, 0) is 39.8 Å². The fraction of sp³-hybridized carbons (Fsp3) is 0.500. The van der Waals surface area contributed by atoms with Gasteiger partial charge in [-0.2, -0.15) is 0 Å². The Morgan fingerprint density at radius 1 is 1.10 bits per heavy atom. The van der Waals surface area contributed by atoms with Crippen molar-refractivity contribution in [2.75, 3.05) is 0 Å². The van der Waals surface area contributed by atoms with Gasteiger partial charge in [-0.15, -0.1) is 10.3 Å². The molecule has 1 saturated heterocycles. The van der Waals surface area contributed by atoms with Crippen molar-refractivity contribution >= 4 is 11.7 Å². The summed E-state index contributed by atoms with van der Waals surface area (Å²) in [7, 11) is 0. The number of carbonyl (C=O) groups is 1.